The molecular weight excluding hydrogens is 441 g/mol. The molecule has 0 aliphatic heterocycles. The summed E-state index contributed by atoms with van der Waals surface area (Å²) in [5.41, 5.74) is 2.00. The fraction of sp³-hybridized carbons (Fsp3) is 0.263. The first-order chi connectivity index (χ1) is 13.2. The summed E-state index contributed by atoms with van der Waals surface area (Å²) in [6, 6.07) is 14.3. The second-order valence-corrected chi connectivity index (χ2v) is 8.60. The fourth-order valence-electron chi connectivity index (χ4n) is 2.34. The zero-order chi connectivity index (χ0) is 20.7. The van der Waals surface area contributed by atoms with Crippen LogP contribution in [0.15, 0.2) is 48.5 Å². The molecule has 0 heterocycles. The molecule has 0 aliphatic rings. The third kappa shape index (κ3) is 6.71. The molecule has 0 bridgehead atoms. The molecule has 0 saturated carbocycles. The maximum atomic E-state index is 12.6. The van der Waals surface area contributed by atoms with Gasteiger partial charge in [-0.1, -0.05) is 53.0 Å². The minimum absolute atomic E-state index is 0.186. The average molecular weight is 461 g/mol. The van der Waals surface area contributed by atoms with E-state index in [-0.39, 0.29) is 11.0 Å². The van der Waals surface area contributed by atoms with Gasteiger partial charge >= 0.3 is 0 Å². The van der Waals surface area contributed by atoms with Crippen LogP contribution in [0.2, 0.25) is 0 Å². The van der Waals surface area contributed by atoms with Crippen LogP contribution in [0.4, 0.5) is 5.69 Å². The second kappa shape index (κ2) is 10.2. The Kier molecular flexibility index (Phi) is 8.19. The van der Waals surface area contributed by atoms with Crippen molar-refractivity contribution in [1.82, 2.24) is 10.6 Å². The Morgan fingerprint density at radius 3 is 2.32 bits per heavy atom. The zero-order valence-electron chi connectivity index (χ0n) is 15.3. The summed E-state index contributed by atoms with van der Waals surface area (Å²) in [4.78, 5) is 12.6. The van der Waals surface area contributed by atoms with Gasteiger partial charge in [-0.05, 0) is 62.0 Å². The Hall–Kier alpha value is -1.73. The molecule has 0 fully saturated rings. The van der Waals surface area contributed by atoms with Crippen LogP contribution in [0.3, 0.4) is 0 Å². The maximum absolute atomic E-state index is 12.6. The number of hydrogen-bond donors (Lipinski definition) is 3. The van der Waals surface area contributed by atoms with Crippen molar-refractivity contribution in [2.75, 3.05) is 11.9 Å². The molecule has 2 aromatic carbocycles. The van der Waals surface area contributed by atoms with Gasteiger partial charge in [-0.15, -0.1) is 0 Å². The summed E-state index contributed by atoms with van der Waals surface area (Å²) in [5, 5.41) is 8.65. The first-order valence-electron chi connectivity index (χ1n) is 8.44. The largest absolute Gasteiger partial charge is 0.494 e. The number of aryl methyl sites for hydroxylation is 1. The van der Waals surface area contributed by atoms with E-state index in [2.05, 4.69) is 16.0 Å². The quantitative estimate of drug-likeness (QED) is 0.328. The molecule has 3 N–H and O–H groups in total. The highest BCUT2D eigenvalue weighted by Gasteiger charge is 2.35. The van der Waals surface area contributed by atoms with Crippen LogP contribution in [0, 0.1) is 6.92 Å². The van der Waals surface area contributed by atoms with Gasteiger partial charge in [0.1, 0.15) is 11.9 Å². The van der Waals surface area contributed by atoms with Crippen molar-refractivity contribution >= 4 is 63.7 Å². The molecule has 0 saturated heterocycles. The highest BCUT2D eigenvalue weighted by molar-refractivity contribution is 7.80. The number of halogens is 3. The minimum atomic E-state index is -1.83. The van der Waals surface area contributed by atoms with Gasteiger partial charge in [-0.3, -0.25) is 4.79 Å². The highest BCUT2D eigenvalue weighted by atomic mass is 35.6. The lowest BCUT2D eigenvalue weighted by atomic mass is 10.1. The molecule has 0 spiro atoms. The molecule has 2 rings (SSSR count). The number of amides is 1. The van der Waals surface area contributed by atoms with E-state index >= 15 is 0 Å². The van der Waals surface area contributed by atoms with Gasteiger partial charge in [0.05, 0.1) is 6.61 Å². The molecule has 5 nitrogen and oxygen atoms in total. The number of alkyl halides is 3. The number of thiocarbonyl (C=S) groups is 1. The molecule has 9 heteroatoms. The number of hydrogen-bond acceptors (Lipinski definition) is 3. The average Bonchev–Trinajstić information content (AvgIpc) is 2.62. The Labute approximate surface area is 184 Å². The maximum Gasteiger partial charge on any atom is 0.253 e. The van der Waals surface area contributed by atoms with Crippen LogP contribution < -0.4 is 20.7 Å². The lowest BCUT2D eigenvalue weighted by Gasteiger charge is -2.28. The molecule has 1 atom stereocenters. The number of carbonyl (C=O) groups is 1. The Bertz CT molecular complexity index is 826. The predicted molar refractivity (Wildman–Crippen MR) is 120 cm³/mol. The van der Waals surface area contributed by atoms with Crippen molar-refractivity contribution in [3.63, 3.8) is 0 Å². The Balaban J connectivity index is 2.04. The molecule has 28 heavy (non-hydrogen) atoms. The first kappa shape index (κ1) is 22.6. The van der Waals surface area contributed by atoms with Gasteiger partial charge in [-0.25, -0.2) is 0 Å². The monoisotopic (exact) mass is 459 g/mol. The molecule has 0 radical (unpaired) electrons. The highest BCUT2D eigenvalue weighted by Crippen LogP contribution is 2.29. The third-order valence-electron chi connectivity index (χ3n) is 3.69. The van der Waals surface area contributed by atoms with E-state index in [1.165, 1.54) is 0 Å². The van der Waals surface area contributed by atoms with Crippen LogP contribution in [-0.2, 0) is 0 Å². The molecular formula is C19H20Cl3N3O2S. The SMILES string of the molecule is CCOc1ccc(NC(=S)N[C@H](NC(=O)c2ccccc2C)C(Cl)(Cl)Cl)cc1. The number of anilines is 1. The van der Waals surface area contributed by atoms with Crippen LogP contribution in [-0.4, -0.2) is 27.6 Å². The van der Waals surface area contributed by atoms with Crippen LogP contribution >= 0.6 is 47.0 Å². The summed E-state index contributed by atoms with van der Waals surface area (Å²) in [6.45, 7) is 4.32. The van der Waals surface area contributed by atoms with Crippen molar-refractivity contribution in [2.24, 2.45) is 0 Å². The van der Waals surface area contributed by atoms with Crippen LogP contribution in [0.5, 0.6) is 5.75 Å². The van der Waals surface area contributed by atoms with E-state index in [0.29, 0.717) is 17.9 Å². The fourth-order valence-corrected chi connectivity index (χ4v) is 2.90. The van der Waals surface area contributed by atoms with Crippen molar-refractivity contribution in [3.05, 3.63) is 59.7 Å². The van der Waals surface area contributed by atoms with E-state index in [0.717, 1.165) is 11.3 Å². The molecule has 1 amide bonds. The third-order valence-corrected chi connectivity index (χ3v) is 4.57. The van der Waals surface area contributed by atoms with Gasteiger partial charge < -0.3 is 20.7 Å². The number of ether oxygens (including phenoxy) is 1. The van der Waals surface area contributed by atoms with Crippen LogP contribution in [0.1, 0.15) is 22.8 Å². The lowest BCUT2D eigenvalue weighted by Crippen LogP contribution is -2.56. The summed E-state index contributed by atoms with van der Waals surface area (Å²) in [7, 11) is 0. The van der Waals surface area contributed by atoms with E-state index in [1.807, 2.05) is 26.0 Å². The van der Waals surface area contributed by atoms with E-state index in [9.17, 15) is 4.79 Å². The number of nitrogens with one attached hydrogen (secondary N) is 3. The zero-order valence-corrected chi connectivity index (χ0v) is 18.3. The van der Waals surface area contributed by atoms with Crippen molar-refractivity contribution in [3.8, 4) is 5.75 Å². The molecule has 2 aromatic rings. The first-order valence-corrected chi connectivity index (χ1v) is 9.98. The number of benzene rings is 2. The number of carbonyl (C=O) groups excluding carboxylic acids is 1. The molecule has 150 valence electrons. The van der Waals surface area contributed by atoms with Crippen molar-refractivity contribution in [1.29, 1.82) is 0 Å². The molecule has 0 aromatic heterocycles. The standard InChI is InChI=1S/C19H20Cl3N3O2S/c1-3-27-14-10-8-13(9-11-14)23-18(28)25-17(19(20,21)22)24-16(26)15-7-5-4-6-12(15)2/h4-11,17H,3H2,1-2H3,(H,24,26)(H2,23,25,28)/t17-/m0/s1. The van der Waals surface area contributed by atoms with Crippen molar-refractivity contribution in [2.45, 2.75) is 23.8 Å². The summed E-state index contributed by atoms with van der Waals surface area (Å²) in [5.74, 6) is 0.363. The van der Waals surface area contributed by atoms with Crippen LogP contribution in [0.25, 0.3) is 0 Å². The van der Waals surface area contributed by atoms with Gasteiger partial charge in [0, 0.05) is 11.3 Å². The summed E-state index contributed by atoms with van der Waals surface area (Å²) in [6.07, 6.45) is -1.05. The predicted octanol–water partition coefficient (Wildman–Crippen LogP) is 4.81. The minimum Gasteiger partial charge on any atom is -0.494 e. The summed E-state index contributed by atoms with van der Waals surface area (Å²) < 4.78 is 3.56. The van der Waals surface area contributed by atoms with Crippen molar-refractivity contribution < 1.29 is 9.53 Å². The van der Waals surface area contributed by atoms with E-state index in [4.69, 9.17) is 51.8 Å². The number of rotatable bonds is 6. The Morgan fingerprint density at radius 1 is 1.11 bits per heavy atom. The lowest BCUT2D eigenvalue weighted by molar-refractivity contribution is 0.0934. The summed E-state index contributed by atoms with van der Waals surface area (Å²) >= 11 is 23.3. The molecule has 0 unspecified atom stereocenters. The van der Waals surface area contributed by atoms with E-state index in [1.54, 1.807) is 36.4 Å². The van der Waals surface area contributed by atoms with Gasteiger partial charge in [-0.2, -0.15) is 0 Å². The topological polar surface area (TPSA) is 62.4 Å². The normalized spacial score (nSPS) is 12.0. The smallest absolute Gasteiger partial charge is 0.253 e. The second-order valence-electron chi connectivity index (χ2n) is 5.82. The Morgan fingerprint density at radius 2 is 1.75 bits per heavy atom. The van der Waals surface area contributed by atoms with Gasteiger partial charge in [0.15, 0.2) is 5.11 Å². The van der Waals surface area contributed by atoms with Gasteiger partial charge in [0.2, 0.25) is 3.79 Å². The molecule has 0 aliphatic carbocycles. The van der Waals surface area contributed by atoms with E-state index < -0.39 is 9.96 Å². The van der Waals surface area contributed by atoms with Gasteiger partial charge in [0.25, 0.3) is 5.91 Å².